The molecule has 0 saturated carbocycles. The number of aromatic nitrogens is 2. The van der Waals surface area contributed by atoms with Gasteiger partial charge in [0.05, 0.1) is 23.4 Å². The van der Waals surface area contributed by atoms with Crippen LogP contribution in [0.25, 0.3) is 0 Å². The van der Waals surface area contributed by atoms with Gasteiger partial charge in [-0.05, 0) is 49.1 Å². The molecule has 2 unspecified atom stereocenters. The molecule has 2 heterocycles. The lowest BCUT2D eigenvalue weighted by Gasteiger charge is -2.31. The van der Waals surface area contributed by atoms with Gasteiger partial charge in [0, 0.05) is 18.4 Å². The molecule has 0 radical (unpaired) electrons. The van der Waals surface area contributed by atoms with Crippen molar-refractivity contribution in [2.45, 2.75) is 38.6 Å². The Morgan fingerprint density at radius 2 is 2.04 bits per heavy atom. The van der Waals surface area contributed by atoms with E-state index in [2.05, 4.69) is 48.3 Å². The highest BCUT2D eigenvalue weighted by Crippen LogP contribution is 2.37. The number of aliphatic hydroxyl groups excluding tert-OH is 1. The van der Waals surface area contributed by atoms with Crippen LogP contribution >= 0.6 is 0 Å². The van der Waals surface area contributed by atoms with Gasteiger partial charge in [-0.2, -0.15) is 0 Å². The second-order valence-electron chi connectivity index (χ2n) is 7.49. The van der Waals surface area contributed by atoms with Crippen LogP contribution in [0.4, 0.5) is 11.6 Å². The summed E-state index contributed by atoms with van der Waals surface area (Å²) in [7, 11) is 0. The molecule has 1 aromatic heterocycles. The zero-order chi connectivity index (χ0) is 18.1. The smallest absolute Gasteiger partial charge is 0.230 e. The normalized spacial score (nSPS) is 22.2. The van der Waals surface area contributed by atoms with Crippen molar-refractivity contribution in [3.05, 3.63) is 59.6 Å². The van der Waals surface area contributed by atoms with Crippen LogP contribution in [0, 0.1) is 5.92 Å². The molecule has 2 N–H and O–H groups in total. The summed E-state index contributed by atoms with van der Waals surface area (Å²) < 4.78 is 0. The summed E-state index contributed by atoms with van der Waals surface area (Å²) in [5.41, 5.74) is 3.19. The number of benzene rings is 1. The summed E-state index contributed by atoms with van der Waals surface area (Å²) in [5.74, 6) is 1.39. The first kappa shape index (κ1) is 17.0. The van der Waals surface area contributed by atoms with Gasteiger partial charge in [-0.1, -0.05) is 32.0 Å². The van der Waals surface area contributed by atoms with E-state index in [0.29, 0.717) is 18.2 Å². The molecule has 1 aliphatic carbocycles. The number of aliphatic hydroxyl groups is 1. The van der Waals surface area contributed by atoms with E-state index in [4.69, 9.17) is 9.97 Å². The minimum absolute atomic E-state index is 0.0557. The molecule has 4 rings (SSSR count). The summed E-state index contributed by atoms with van der Waals surface area (Å²) in [6, 6.07) is 10.7. The first-order valence-corrected chi connectivity index (χ1v) is 9.45. The quantitative estimate of drug-likeness (QED) is 0.880. The van der Waals surface area contributed by atoms with Crippen LogP contribution in [0.15, 0.2) is 48.4 Å². The number of hydrogen-bond acceptors (Lipinski definition) is 5. The third-order valence-corrected chi connectivity index (χ3v) is 5.35. The second-order valence-corrected chi connectivity index (χ2v) is 7.49. The maximum atomic E-state index is 10.4. The Morgan fingerprint density at radius 1 is 1.23 bits per heavy atom. The van der Waals surface area contributed by atoms with Crippen LogP contribution in [0.2, 0.25) is 0 Å². The second kappa shape index (κ2) is 7.08. The lowest BCUT2D eigenvalue weighted by Crippen LogP contribution is -2.34. The van der Waals surface area contributed by atoms with E-state index < -0.39 is 0 Å². The Hall–Kier alpha value is -2.40. The number of nitrogens with one attached hydrogen (secondary N) is 1. The first-order chi connectivity index (χ1) is 12.6. The fraction of sp³-hybridized carbons (Fsp3) is 0.429. The molecule has 5 nitrogen and oxygen atoms in total. The zero-order valence-electron chi connectivity index (χ0n) is 15.4. The summed E-state index contributed by atoms with van der Waals surface area (Å²) >= 11 is 0. The van der Waals surface area contributed by atoms with Crippen LogP contribution in [0.5, 0.6) is 0 Å². The molecule has 26 heavy (non-hydrogen) atoms. The number of nitrogens with zero attached hydrogens (tertiary/aromatic N) is 3. The van der Waals surface area contributed by atoms with Crippen molar-refractivity contribution in [3.8, 4) is 0 Å². The fourth-order valence-electron chi connectivity index (χ4n) is 4.03. The van der Waals surface area contributed by atoms with Crippen molar-refractivity contribution in [1.82, 2.24) is 15.3 Å². The number of fused-ring (bicyclic) bond motifs is 1. The van der Waals surface area contributed by atoms with Crippen LogP contribution < -0.4 is 10.2 Å². The van der Waals surface area contributed by atoms with E-state index >= 15 is 0 Å². The van der Waals surface area contributed by atoms with Gasteiger partial charge in [-0.15, -0.1) is 0 Å². The molecule has 5 heteroatoms. The lowest BCUT2D eigenvalue weighted by atomic mass is 9.84. The van der Waals surface area contributed by atoms with E-state index in [1.807, 2.05) is 18.3 Å². The molecule has 136 valence electrons. The Morgan fingerprint density at radius 3 is 2.73 bits per heavy atom. The topological polar surface area (TPSA) is 61.3 Å². The minimum Gasteiger partial charge on any atom is -0.512 e. The number of allylic oxidation sites excluding steroid dienone is 2. The third-order valence-electron chi connectivity index (χ3n) is 5.35. The van der Waals surface area contributed by atoms with E-state index in [1.165, 1.54) is 0 Å². The summed E-state index contributed by atoms with van der Waals surface area (Å²) in [6.45, 7) is 6.19. The molecule has 1 aromatic carbocycles. The molecule has 0 spiro atoms. The highest BCUT2D eigenvalue weighted by atomic mass is 16.3. The standard InChI is InChI=1S/C21H26N4O/c1-14(2)19-18(26)9-8-15-12-23-21(24-20(15)19)25(17-10-11-22-13-17)16-6-4-3-5-7-16/h3-7,9,12,14,17,19,22,26H,8,10-11,13H2,1-2H3. The molecule has 2 aliphatic rings. The van der Waals surface area contributed by atoms with Gasteiger partial charge in [0.2, 0.25) is 5.95 Å². The summed E-state index contributed by atoms with van der Waals surface area (Å²) in [5, 5.41) is 13.9. The Labute approximate surface area is 154 Å². The molecule has 0 bridgehead atoms. The average molecular weight is 350 g/mol. The Kier molecular flexibility index (Phi) is 4.64. The van der Waals surface area contributed by atoms with Gasteiger partial charge in [-0.3, -0.25) is 0 Å². The highest BCUT2D eigenvalue weighted by Gasteiger charge is 2.31. The molecule has 2 atom stereocenters. The number of rotatable bonds is 4. The molecule has 2 aromatic rings. The molecule has 0 amide bonds. The molecule has 1 saturated heterocycles. The molecule has 1 aliphatic heterocycles. The van der Waals surface area contributed by atoms with Crippen LogP contribution in [-0.4, -0.2) is 34.2 Å². The number of hydrogen-bond donors (Lipinski definition) is 2. The van der Waals surface area contributed by atoms with E-state index in [-0.39, 0.29) is 11.8 Å². The van der Waals surface area contributed by atoms with Gasteiger partial charge >= 0.3 is 0 Å². The van der Waals surface area contributed by atoms with E-state index in [0.717, 1.165) is 42.4 Å². The average Bonchev–Trinajstić information content (AvgIpc) is 3.16. The predicted molar refractivity (Wildman–Crippen MR) is 104 cm³/mol. The lowest BCUT2D eigenvalue weighted by molar-refractivity contribution is 0.322. The van der Waals surface area contributed by atoms with Gasteiger partial charge in [-0.25, -0.2) is 9.97 Å². The zero-order valence-corrected chi connectivity index (χ0v) is 15.4. The van der Waals surface area contributed by atoms with E-state index in [1.54, 1.807) is 0 Å². The maximum absolute atomic E-state index is 10.4. The van der Waals surface area contributed by atoms with Crippen molar-refractivity contribution in [3.63, 3.8) is 0 Å². The SMILES string of the molecule is CC(C)C1C(O)=CCc2cnc(N(c3ccccc3)C3CCNC3)nc21. The van der Waals surface area contributed by atoms with Gasteiger partial charge in [0.1, 0.15) is 0 Å². The van der Waals surface area contributed by atoms with Crippen LogP contribution in [0.1, 0.15) is 37.4 Å². The Bertz CT molecular complexity index is 797. The third kappa shape index (κ3) is 3.07. The molecular weight excluding hydrogens is 324 g/mol. The van der Waals surface area contributed by atoms with Crippen molar-refractivity contribution < 1.29 is 5.11 Å². The van der Waals surface area contributed by atoms with Crippen molar-refractivity contribution >= 4 is 11.6 Å². The number of para-hydroxylation sites is 1. The van der Waals surface area contributed by atoms with Gasteiger partial charge < -0.3 is 15.3 Å². The largest absolute Gasteiger partial charge is 0.512 e. The van der Waals surface area contributed by atoms with E-state index in [9.17, 15) is 5.11 Å². The van der Waals surface area contributed by atoms with Gasteiger partial charge in [0.15, 0.2) is 0 Å². The van der Waals surface area contributed by atoms with Crippen LogP contribution in [0.3, 0.4) is 0 Å². The molecular formula is C21H26N4O. The molecule has 1 fully saturated rings. The fourth-order valence-corrected chi connectivity index (χ4v) is 4.03. The maximum Gasteiger partial charge on any atom is 0.230 e. The van der Waals surface area contributed by atoms with Crippen molar-refractivity contribution in [1.29, 1.82) is 0 Å². The first-order valence-electron chi connectivity index (χ1n) is 9.45. The monoisotopic (exact) mass is 350 g/mol. The summed E-state index contributed by atoms with van der Waals surface area (Å²) in [4.78, 5) is 11.9. The van der Waals surface area contributed by atoms with Gasteiger partial charge in [0.25, 0.3) is 0 Å². The minimum atomic E-state index is -0.0557. The Balaban J connectivity index is 1.78. The number of anilines is 2. The summed E-state index contributed by atoms with van der Waals surface area (Å²) in [6.07, 6.45) is 5.59. The van der Waals surface area contributed by atoms with Crippen molar-refractivity contribution in [2.75, 3.05) is 18.0 Å². The van der Waals surface area contributed by atoms with Crippen LogP contribution in [-0.2, 0) is 6.42 Å². The van der Waals surface area contributed by atoms with Crippen molar-refractivity contribution in [2.24, 2.45) is 5.92 Å². The predicted octanol–water partition coefficient (Wildman–Crippen LogP) is 3.71. The highest BCUT2D eigenvalue weighted by molar-refractivity contribution is 5.59.